The summed E-state index contributed by atoms with van der Waals surface area (Å²) in [6.45, 7) is 0.748. The zero-order chi connectivity index (χ0) is 13.3. The lowest BCUT2D eigenvalue weighted by Gasteiger charge is -2.12. The van der Waals surface area contributed by atoms with Gasteiger partial charge in [-0.2, -0.15) is 0 Å². The molecule has 104 valence electrons. The SMILES string of the molecule is O=C(NCCCSc1ccccc1)NC1CCCC1. The normalized spacial score (nSPS) is 15.4. The minimum absolute atomic E-state index is 0.00314. The van der Waals surface area contributed by atoms with Crippen LogP contribution in [0.5, 0.6) is 0 Å². The Morgan fingerprint density at radius 3 is 2.68 bits per heavy atom. The Hall–Kier alpha value is -1.16. The summed E-state index contributed by atoms with van der Waals surface area (Å²) in [6.07, 6.45) is 5.77. The summed E-state index contributed by atoms with van der Waals surface area (Å²) in [5.74, 6) is 1.04. The van der Waals surface area contributed by atoms with E-state index in [0.29, 0.717) is 6.04 Å². The van der Waals surface area contributed by atoms with Crippen molar-refractivity contribution < 1.29 is 4.79 Å². The maximum Gasteiger partial charge on any atom is 0.315 e. The Bertz CT molecular complexity index is 377. The molecule has 2 amide bonds. The first-order chi connectivity index (χ1) is 9.34. The molecule has 0 spiro atoms. The van der Waals surface area contributed by atoms with E-state index in [-0.39, 0.29) is 6.03 Å². The molecule has 0 radical (unpaired) electrons. The van der Waals surface area contributed by atoms with Crippen LogP contribution >= 0.6 is 11.8 Å². The van der Waals surface area contributed by atoms with Crippen molar-refractivity contribution in [3.8, 4) is 0 Å². The Kier molecular flexibility index (Phi) is 6.08. The van der Waals surface area contributed by atoms with Crippen molar-refractivity contribution in [2.75, 3.05) is 12.3 Å². The van der Waals surface area contributed by atoms with E-state index in [1.807, 2.05) is 17.8 Å². The van der Waals surface area contributed by atoms with Gasteiger partial charge in [-0.1, -0.05) is 31.0 Å². The minimum Gasteiger partial charge on any atom is -0.338 e. The van der Waals surface area contributed by atoms with Crippen LogP contribution in [-0.2, 0) is 0 Å². The van der Waals surface area contributed by atoms with Crippen LogP contribution < -0.4 is 10.6 Å². The van der Waals surface area contributed by atoms with Gasteiger partial charge in [0.1, 0.15) is 0 Å². The summed E-state index contributed by atoms with van der Waals surface area (Å²) >= 11 is 1.83. The summed E-state index contributed by atoms with van der Waals surface area (Å²) in [7, 11) is 0. The number of benzene rings is 1. The maximum atomic E-state index is 11.6. The van der Waals surface area contributed by atoms with Crippen molar-refractivity contribution in [1.29, 1.82) is 0 Å². The van der Waals surface area contributed by atoms with Gasteiger partial charge in [-0.15, -0.1) is 11.8 Å². The van der Waals surface area contributed by atoms with Crippen LogP contribution in [0.3, 0.4) is 0 Å². The Balaban J connectivity index is 1.50. The van der Waals surface area contributed by atoms with Crippen LogP contribution in [0.15, 0.2) is 35.2 Å². The van der Waals surface area contributed by atoms with Gasteiger partial charge in [-0.25, -0.2) is 4.79 Å². The monoisotopic (exact) mass is 278 g/mol. The summed E-state index contributed by atoms with van der Waals surface area (Å²) in [5, 5.41) is 5.96. The van der Waals surface area contributed by atoms with Crippen molar-refractivity contribution in [3.05, 3.63) is 30.3 Å². The van der Waals surface area contributed by atoms with E-state index in [0.717, 1.165) is 31.6 Å². The van der Waals surface area contributed by atoms with Gasteiger partial charge < -0.3 is 10.6 Å². The Morgan fingerprint density at radius 2 is 1.95 bits per heavy atom. The first-order valence-electron chi connectivity index (χ1n) is 7.07. The van der Waals surface area contributed by atoms with Crippen molar-refractivity contribution in [3.63, 3.8) is 0 Å². The smallest absolute Gasteiger partial charge is 0.315 e. The molecule has 1 aromatic carbocycles. The van der Waals surface area contributed by atoms with Gasteiger partial charge in [0.2, 0.25) is 0 Å². The highest BCUT2D eigenvalue weighted by atomic mass is 32.2. The molecule has 1 fully saturated rings. The van der Waals surface area contributed by atoms with Crippen LogP contribution in [0, 0.1) is 0 Å². The number of nitrogens with one attached hydrogen (secondary N) is 2. The van der Waals surface area contributed by atoms with Crippen LogP contribution in [0.2, 0.25) is 0 Å². The highest BCUT2D eigenvalue weighted by molar-refractivity contribution is 7.99. The van der Waals surface area contributed by atoms with Gasteiger partial charge >= 0.3 is 6.03 Å². The quantitative estimate of drug-likeness (QED) is 0.618. The average Bonchev–Trinajstić information content (AvgIpc) is 2.92. The molecule has 1 aliphatic rings. The second-order valence-electron chi connectivity index (χ2n) is 4.90. The van der Waals surface area contributed by atoms with Gasteiger partial charge in [0.15, 0.2) is 0 Å². The Labute approximate surface area is 119 Å². The van der Waals surface area contributed by atoms with Gasteiger partial charge in [0, 0.05) is 17.5 Å². The van der Waals surface area contributed by atoms with Crippen molar-refractivity contribution in [1.82, 2.24) is 10.6 Å². The van der Waals surface area contributed by atoms with E-state index in [9.17, 15) is 4.79 Å². The third-order valence-corrected chi connectivity index (χ3v) is 4.41. The molecule has 0 atom stereocenters. The lowest BCUT2D eigenvalue weighted by molar-refractivity contribution is 0.237. The molecular weight excluding hydrogens is 256 g/mol. The molecule has 0 aliphatic heterocycles. The van der Waals surface area contributed by atoms with E-state index in [1.54, 1.807) is 0 Å². The lowest BCUT2D eigenvalue weighted by atomic mass is 10.2. The number of rotatable bonds is 6. The van der Waals surface area contributed by atoms with E-state index in [2.05, 4.69) is 34.9 Å². The van der Waals surface area contributed by atoms with E-state index < -0.39 is 0 Å². The van der Waals surface area contributed by atoms with Crippen LogP contribution in [0.25, 0.3) is 0 Å². The summed E-state index contributed by atoms with van der Waals surface area (Å²) in [6, 6.07) is 10.8. The molecule has 0 unspecified atom stereocenters. The third kappa shape index (κ3) is 5.55. The molecule has 3 nitrogen and oxygen atoms in total. The van der Waals surface area contributed by atoms with Crippen molar-refractivity contribution in [2.24, 2.45) is 0 Å². The molecule has 0 heterocycles. The lowest BCUT2D eigenvalue weighted by Crippen LogP contribution is -2.41. The molecule has 1 aromatic rings. The predicted octanol–water partition coefficient (Wildman–Crippen LogP) is 3.41. The predicted molar refractivity (Wildman–Crippen MR) is 80.6 cm³/mol. The molecule has 0 aromatic heterocycles. The van der Waals surface area contributed by atoms with Gasteiger partial charge in [0.05, 0.1) is 0 Å². The van der Waals surface area contributed by atoms with E-state index in [4.69, 9.17) is 0 Å². The standard InChI is InChI=1S/C15H22N2OS/c18-15(17-13-7-4-5-8-13)16-11-6-12-19-14-9-2-1-3-10-14/h1-3,9-10,13H,4-8,11-12H2,(H2,16,17,18). The van der Waals surface area contributed by atoms with Crippen molar-refractivity contribution in [2.45, 2.75) is 43.0 Å². The maximum absolute atomic E-state index is 11.6. The second kappa shape index (κ2) is 8.10. The first-order valence-corrected chi connectivity index (χ1v) is 8.05. The average molecular weight is 278 g/mol. The topological polar surface area (TPSA) is 41.1 Å². The molecular formula is C15H22N2OS. The van der Waals surface area contributed by atoms with E-state index >= 15 is 0 Å². The summed E-state index contributed by atoms with van der Waals surface area (Å²) in [4.78, 5) is 12.9. The summed E-state index contributed by atoms with van der Waals surface area (Å²) in [5.41, 5.74) is 0. The minimum atomic E-state index is -0.00314. The number of urea groups is 1. The number of hydrogen-bond donors (Lipinski definition) is 2. The van der Waals surface area contributed by atoms with Crippen LogP contribution in [-0.4, -0.2) is 24.4 Å². The number of amides is 2. The summed E-state index contributed by atoms with van der Waals surface area (Å²) < 4.78 is 0. The Morgan fingerprint density at radius 1 is 1.21 bits per heavy atom. The number of carbonyl (C=O) groups excluding carboxylic acids is 1. The fourth-order valence-corrected chi connectivity index (χ4v) is 3.16. The largest absolute Gasteiger partial charge is 0.338 e. The van der Waals surface area contributed by atoms with Crippen LogP contribution in [0.1, 0.15) is 32.1 Å². The number of hydrogen-bond acceptors (Lipinski definition) is 2. The zero-order valence-corrected chi connectivity index (χ0v) is 12.0. The zero-order valence-electron chi connectivity index (χ0n) is 11.2. The highest BCUT2D eigenvalue weighted by Gasteiger charge is 2.16. The number of carbonyl (C=O) groups is 1. The number of thioether (sulfide) groups is 1. The van der Waals surface area contributed by atoms with E-state index in [1.165, 1.54) is 17.7 Å². The molecule has 0 saturated heterocycles. The van der Waals surface area contributed by atoms with Crippen molar-refractivity contribution >= 4 is 17.8 Å². The molecule has 1 saturated carbocycles. The third-order valence-electron chi connectivity index (χ3n) is 3.31. The molecule has 0 bridgehead atoms. The highest BCUT2D eigenvalue weighted by Crippen LogP contribution is 2.18. The van der Waals surface area contributed by atoms with Gasteiger partial charge in [-0.3, -0.25) is 0 Å². The molecule has 2 rings (SSSR count). The fraction of sp³-hybridized carbons (Fsp3) is 0.533. The second-order valence-corrected chi connectivity index (χ2v) is 6.07. The van der Waals surface area contributed by atoms with Gasteiger partial charge in [-0.05, 0) is 37.1 Å². The molecule has 4 heteroatoms. The fourth-order valence-electron chi connectivity index (χ4n) is 2.29. The van der Waals surface area contributed by atoms with Crippen LogP contribution in [0.4, 0.5) is 4.79 Å². The molecule has 2 N–H and O–H groups in total. The van der Waals surface area contributed by atoms with Gasteiger partial charge in [0.25, 0.3) is 0 Å². The first kappa shape index (κ1) is 14.3. The molecule has 1 aliphatic carbocycles. The molecule has 19 heavy (non-hydrogen) atoms.